The fourth-order valence-electron chi connectivity index (χ4n) is 0.948. The van der Waals surface area contributed by atoms with E-state index in [4.69, 9.17) is 9.26 Å². The van der Waals surface area contributed by atoms with E-state index in [1.807, 2.05) is 20.8 Å². The number of rotatable bonds is 4. The summed E-state index contributed by atoms with van der Waals surface area (Å²) in [6.45, 7) is 5.44. The summed E-state index contributed by atoms with van der Waals surface area (Å²) in [6, 6.07) is 8.53. The molecular weight excluding hydrogens is 227 g/mol. The van der Waals surface area contributed by atoms with Crippen LogP contribution in [0.3, 0.4) is 0 Å². The van der Waals surface area contributed by atoms with Gasteiger partial charge in [-0.3, -0.25) is 0 Å². The van der Waals surface area contributed by atoms with Gasteiger partial charge in [0.1, 0.15) is 5.75 Å². The minimum absolute atomic E-state index is 0.314. The van der Waals surface area contributed by atoms with E-state index < -0.39 is 13.2 Å². The molecule has 0 saturated heterocycles. The second-order valence-corrected chi connectivity index (χ2v) is 6.14. The number of ether oxygens (including phenoxy) is 1. The fourth-order valence-corrected chi connectivity index (χ4v) is 2.00. The van der Waals surface area contributed by atoms with Gasteiger partial charge in [0.2, 0.25) is 0 Å². The van der Waals surface area contributed by atoms with Crippen LogP contribution in [-0.4, -0.2) is 16.8 Å². The molecule has 1 unspecified atom stereocenters. The van der Waals surface area contributed by atoms with Crippen LogP contribution in [0.15, 0.2) is 30.3 Å². The maximum Gasteiger partial charge on any atom is 0.402 e. The van der Waals surface area contributed by atoms with E-state index in [-0.39, 0.29) is 6.35 Å². The lowest BCUT2D eigenvalue weighted by atomic mass is 10.2. The van der Waals surface area contributed by atoms with Crippen molar-refractivity contribution >= 4 is 7.60 Å². The van der Waals surface area contributed by atoms with E-state index in [1.165, 1.54) is 0 Å². The zero-order chi connectivity index (χ0) is 12.2. The summed E-state index contributed by atoms with van der Waals surface area (Å²) in [5, 5.41) is 0. The first kappa shape index (κ1) is 13.2. The molecule has 16 heavy (non-hydrogen) atoms. The van der Waals surface area contributed by atoms with Gasteiger partial charge in [-0.15, -0.1) is 0 Å². The summed E-state index contributed by atoms with van der Waals surface area (Å²) in [5.74, 6) is 0.367. The molecule has 5 heteroatoms. The molecule has 1 aromatic carbocycles. The Kier molecular flexibility index (Phi) is 4.14. The van der Waals surface area contributed by atoms with Crippen molar-refractivity contribution in [2.45, 2.75) is 26.4 Å². The van der Waals surface area contributed by atoms with E-state index in [1.54, 1.807) is 30.3 Å². The summed E-state index contributed by atoms with van der Waals surface area (Å²) in [5.41, 5.74) is -0.460. The Morgan fingerprint density at radius 1 is 1.25 bits per heavy atom. The predicted molar refractivity (Wildman–Crippen MR) is 62.6 cm³/mol. The van der Waals surface area contributed by atoms with Crippen molar-refractivity contribution in [1.29, 1.82) is 0 Å². The zero-order valence-corrected chi connectivity index (χ0v) is 10.6. The van der Waals surface area contributed by atoms with Gasteiger partial charge in [-0.25, -0.2) is 4.57 Å². The monoisotopic (exact) mass is 244 g/mol. The normalized spacial score (nSPS) is 15.5. The van der Waals surface area contributed by atoms with Gasteiger partial charge in [0.25, 0.3) is 0 Å². The molecule has 0 spiro atoms. The van der Waals surface area contributed by atoms with Crippen LogP contribution in [0.25, 0.3) is 0 Å². The smallest absolute Gasteiger partial charge is 0.402 e. The number of benzene rings is 1. The lowest BCUT2D eigenvalue weighted by Crippen LogP contribution is -2.20. The Morgan fingerprint density at radius 2 is 1.81 bits per heavy atom. The second kappa shape index (κ2) is 5.00. The molecule has 0 saturated carbocycles. The second-order valence-electron chi connectivity index (χ2n) is 4.43. The van der Waals surface area contributed by atoms with E-state index in [0.717, 1.165) is 0 Å². The van der Waals surface area contributed by atoms with Crippen LogP contribution in [0.2, 0.25) is 0 Å². The molecule has 0 aliphatic heterocycles. The quantitative estimate of drug-likeness (QED) is 0.827. The molecule has 4 nitrogen and oxygen atoms in total. The maximum absolute atomic E-state index is 11.6. The molecule has 0 aliphatic carbocycles. The van der Waals surface area contributed by atoms with E-state index in [0.29, 0.717) is 5.75 Å². The van der Waals surface area contributed by atoms with Crippen LogP contribution in [0, 0.1) is 0 Å². The van der Waals surface area contributed by atoms with Gasteiger partial charge < -0.3 is 14.2 Å². The van der Waals surface area contributed by atoms with Crippen molar-refractivity contribution in [3.05, 3.63) is 30.3 Å². The Balaban J connectivity index is 2.56. The molecule has 1 N–H and O–H groups in total. The van der Waals surface area contributed by atoms with Crippen molar-refractivity contribution in [2.24, 2.45) is 0 Å². The molecule has 90 valence electrons. The molecule has 0 amide bonds. The molecule has 0 aromatic heterocycles. The highest BCUT2D eigenvalue weighted by molar-refractivity contribution is 7.53. The van der Waals surface area contributed by atoms with Crippen LogP contribution >= 0.6 is 7.60 Å². The first-order valence-corrected chi connectivity index (χ1v) is 6.75. The highest BCUT2D eigenvalue weighted by Gasteiger charge is 2.24. The van der Waals surface area contributed by atoms with E-state index >= 15 is 0 Å². The molecule has 0 bridgehead atoms. The molecule has 0 radical (unpaired) electrons. The first-order valence-electron chi connectivity index (χ1n) is 4.99. The Labute approximate surface area is 95.7 Å². The summed E-state index contributed by atoms with van der Waals surface area (Å²) >= 11 is 0. The lowest BCUT2D eigenvalue weighted by Gasteiger charge is -2.21. The zero-order valence-electron chi connectivity index (χ0n) is 9.71. The molecule has 1 atom stereocenters. The van der Waals surface area contributed by atoms with Crippen LogP contribution in [0.4, 0.5) is 0 Å². The van der Waals surface area contributed by atoms with E-state index in [2.05, 4.69) is 0 Å². The lowest BCUT2D eigenvalue weighted by molar-refractivity contribution is 0.0178. The predicted octanol–water partition coefficient (Wildman–Crippen LogP) is 3.02. The fraction of sp³-hybridized carbons (Fsp3) is 0.455. The minimum Gasteiger partial charge on any atom is -0.423 e. The summed E-state index contributed by atoms with van der Waals surface area (Å²) < 4.78 is 21.8. The number of para-hydroxylation sites is 1. The highest BCUT2D eigenvalue weighted by atomic mass is 31.2. The van der Waals surface area contributed by atoms with Gasteiger partial charge in [-0.05, 0) is 32.9 Å². The minimum atomic E-state index is -3.73. The highest BCUT2D eigenvalue weighted by Crippen LogP contribution is 2.43. The van der Waals surface area contributed by atoms with Crippen molar-refractivity contribution in [2.75, 3.05) is 6.35 Å². The van der Waals surface area contributed by atoms with Crippen molar-refractivity contribution in [3.63, 3.8) is 0 Å². The van der Waals surface area contributed by atoms with Gasteiger partial charge in [0.15, 0.2) is 6.35 Å². The average Bonchev–Trinajstić information content (AvgIpc) is 2.15. The Hall–Kier alpha value is -0.830. The first-order chi connectivity index (χ1) is 7.29. The van der Waals surface area contributed by atoms with Crippen molar-refractivity contribution in [3.8, 4) is 5.75 Å². The molecule has 1 rings (SSSR count). The maximum atomic E-state index is 11.6. The van der Waals surface area contributed by atoms with Gasteiger partial charge in [-0.2, -0.15) is 0 Å². The molecule has 0 aliphatic rings. The van der Waals surface area contributed by atoms with E-state index in [9.17, 15) is 9.46 Å². The Bertz CT molecular complexity index is 369. The van der Waals surface area contributed by atoms with Gasteiger partial charge in [-0.1, -0.05) is 18.2 Å². The number of hydrogen-bond acceptors (Lipinski definition) is 3. The third-order valence-electron chi connectivity index (χ3n) is 1.65. The molecule has 0 fully saturated rings. The summed E-state index contributed by atoms with van der Waals surface area (Å²) in [6.07, 6.45) is -0.314. The third-order valence-corrected chi connectivity index (χ3v) is 2.60. The Morgan fingerprint density at radius 3 is 2.31 bits per heavy atom. The summed E-state index contributed by atoms with van der Waals surface area (Å²) in [7, 11) is -3.73. The average molecular weight is 244 g/mol. The van der Waals surface area contributed by atoms with Crippen molar-refractivity contribution in [1.82, 2.24) is 0 Å². The molecule has 1 aromatic rings. The summed E-state index contributed by atoms with van der Waals surface area (Å²) in [4.78, 5) is 9.54. The molecular formula is C11H17O4P. The van der Waals surface area contributed by atoms with Gasteiger partial charge in [0.05, 0.1) is 5.60 Å². The molecule has 0 heterocycles. The van der Waals surface area contributed by atoms with Crippen LogP contribution in [0.5, 0.6) is 5.75 Å². The van der Waals surface area contributed by atoms with Gasteiger partial charge in [0, 0.05) is 0 Å². The SMILES string of the molecule is CC(C)(C)OCP(=O)(O)Oc1ccccc1. The number of hydrogen-bond donors (Lipinski definition) is 1. The standard InChI is InChI=1S/C11H17O4P/c1-11(2,3)14-9-16(12,13)15-10-7-5-4-6-8-10/h4-8H,9H2,1-3H3,(H,12,13). The topological polar surface area (TPSA) is 55.8 Å². The van der Waals surface area contributed by atoms with Crippen LogP contribution in [0.1, 0.15) is 20.8 Å². The van der Waals surface area contributed by atoms with Crippen LogP contribution in [-0.2, 0) is 9.30 Å². The van der Waals surface area contributed by atoms with Crippen LogP contribution < -0.4 is 4.52 Å². The van der Waals surface area contributed by atoms with Gasteiger partial charge >= 0.3 is 7.60 Å². The third kappa shape index (κ3) is 5.31. The van der Waals surface area contributed by atoms with Crippen molar-refractivity contribution < 1.29 is 18.7 Å². The largest absolute Gasteiger partial charge is 0.423 e.